The Morgan fingerprint density at radius 2 is 2.20 bits per heavy atom. The summed E-state index contributed by atoms with van der Waals surface area (Å²) in [6.45, 7) is 2.06. The third-order valence-corrected chi connectivity index (χ3v) is 2.08. The van der Waals surface area contributed by atoms with Crippen molar-refractivity contribution < 1.29 is 0 Å². The van der Waals surface area contributed by atoms with Crippen molar-refractivity contribution in [3.8, 4) is 0 Å². The molecule has 0 bridgehead atoms. The molecule has 0 radical (unpaired) electrons. The highest BCUT2D eigenvalue weighted by molar-refractivity contribution is 7.09. The fourth-order valence-electron chi connectivity index (χ4n) is 0.570. The summed E-state index contributed by atoms with van der Waals surface area (Å²) in [7, 11) is 3.94. The summed E-state index contributed by atoms with van der Waals surface area (Å²) < 4.78 is 4.14. The Balaban J connectivity index is 2.78. The standard InChI is InChI=1S/C6H11N3S/c1-4-5-7-6(9(2)3)10-8-5/h4H2,1-3H3. The van der Waals surface area contributed by atoms with E-state index in [1.165, 1.54) is 11.5 Å². The van der Waals surface area contributed by atoms with Gasteiger partial charge in [0, 0.05) is 32.0 Å². The summed E-state index contributed by atoms with van der Waals surface area (Å²) >= 11 is 1.45. The molecule has 0 unspecified atom stereocenters. The Labute approximate surface area is 64.9 Å². The predicted octanol–water partition coefficient (Wildman–Crippen LogP) is 1.17. The number of aryl methyl sites for hydroxylation is 1. The normalized spacial score (nSPS) is 9.90. The van der Waals surface area contributed by atoms with Crippen molar-refractivity contribution in [2.45, 2.75) is 13.3 Å². The Morgan fingerprint density at radius 3 is 2.50 bits per heavy atom. The van der Waals surface area contributed by atoms with E-state index in [1.807, 2.05) is 19.0 Å². The minimum absolute atomic E-state index is 0.921. The number of rotatable bonds is 2. The molecule has 0 atom stereocenters. The van der Waals surface area contributed by atoms with Gasteiger partial charge in [0.1, 0.15) is 5.82 Å². The van der Waals surface area contributed by atoms with Crippen LogP contribution in [0.1, 0.15) is 12.7 Å². The molecule has 0 aromatic carbocycles. The van der Waals surface area contributed by atoms with Gasteiger partial charge in [-0.3, -0.25) is 0 Å². The van der Waals surface area contributed by atoms with E-state index < -0.39 is 0 Å². The van der Waals surface area contributed by atoms with E-state index in [4.69, 9.17) is 0 Å². The molecule has 3 nitrogen and oxygen atoms in total. The molecule has 1 rings (SSSR count). The van der Waals surface area contributed by atoms with Crippen LogP contribution in [-0.4, -0.2) is 23.5 Å². The van der Waals surface area contributed by atoms with Crippen LogP contribution in [0.5, 0.6) is 0 Å². The zero-order valence-corrected chi connectivity index (χ0v) is 7.27. The topological polar surface area (TPSA) is 29.0 Å². The van der Waals surface area contributed by atoms with E-state index in [0.717, 1.165) is 17.4 Å². The van der Waals surface area contributed by atoms with Crippen molar-refractivity contribution >= 4 is 16.7 Å². The molecule has 0 amide bonds. The van der Waals surface area contributed by atoms with Crippen LogP contribution in [0.4, 0.5) is 5.13 Å². The van der Waals surface area contributed by atoms with Crippen molar-refractivity contribution in [3.63, 3.8) is 0 Å². The van der Waals surface area contributed by atoms with Crippen LogP contribution in [-0.2, 0) is 6.42 Å². The van der Waals surface area contributed by atoms with Crippen LogP contribution in [0.15, 0.2) is 0 Å². The van der Waals surface area contributed by atoms with Crippen molar-refractivity contribution in [1.29, 1.82) is 0 Å². The van der Waals surface area contributed by atoms with E-state index >= 15 is 0 Å². The Morgan fingerprint density at radius 1 is 1.50 bits per heavy atom. The van der Waals surface area contributed by atoms with Gasteiger partial charge in [-0.1, -0.05) is 6.92 Å². The summed E-state index contributed by atoms with van der Waals surface area (Å²) in [6, 6.07) is 0. The highest BCUT2D eigenvalue weighted by Gasteiger charge is 2.01. The quantitative estimate of drug-likeness (QED) is 0.645. The highest BCUT2D eigenvalue weighted by atomic mass is 32.1. The van der Waals surface area contributed by atoms with Gasteiger partial charge in [0.05, 0.1) is 0 Å². The number of anilines is 1. The monoisotopic (exact) mass is 157 g/mol. The van der Waals surface area contributed by atoms with E-state index in [-0.39, 0.29) is 0 Å². The maximum absolute atomic E-state index is 4.26. The maximum Gasteiger partial charge on any atom is 0.204 e. The fraction of sp³-hybridized carbons (Fsp3) is 0.667. The SMILES string of the molecule is CCc1nsc(N(C)C)n1. The minimum atomic E-state index is 0.921. The van der Waals surface area contributed by atoms with Gasteiger partial charge in [-0.2, -0.15) is 4.37 Å². The first-order valence-corrected chi connectivity index (χ1v) is 4.01. The molecule has 0 saturated heterocycles. The second kappa shape index (κ2) is 2.96. The van der Waals surface area contributed by atoms with Crippen molar-refractivity contribution in [2.24, 2.45) is 0 Å². The first-order chi connectivity index (χ1) is 4.74. The van der Waals surface area contributed by atoms with Crippen LogP contribution in [0.2, 0.25) is 0 Å². The summed E-state index contributed by atoms with van der Waals surface area (Å²) in [4.78, 5) is 6.23. The lowest BCUT2D eigenvalue weighted by Crippen LogP contribution is -2.07. The van der Waals surface area contributed by atoms with Gasteiger partial charge in [0.2, 0.25) is 5.13 Å². The lowest BCUT2D eigenvalue weighted by atomic mass is 10.5. The van der Waals surface area contributed by atoms with Crippen molar-refractivity contribution in [1.82, 2.24) is 9.36 Å². The van der Waals surface area contributed by atoms with Crippen LogP contribution >= 0.6 is 11.5 Å². The summed E-state index contributed by atoms with van der Waals surface area (Å²) in [5.74, 6) is 0.939. The molecular formula is C6H11N3S. The molecule has 1 heterocycles. The van der Waals surface area contributed by atoms with Crippen LogP contribution < -0.4 is 4.90 Å². The Kier molecular flexibility index (Phi) is 2.21. The van der Waals surface area contributed by atoms with Crippen molar-refractivity contribution in [2.75, 3.05) is 19.0 Å². The van der Waals surface area contributed by atoms with E-state index in [2.05, 4.69) is 16.3 Å². The van der Waals surface area contributed by atoms with Gasteiger partial charge < -0.3 is 4.90 Å². The predicted molar refractivity (Wildman–Crippen MR) is 43.6 cm³/mol. The van der Waals surface area contributed by atoms with Crippen LogP contribution in [0, 0.1) is 0 Å². The van der Waals surface area contributed by atoms with Gasteiger partial charge in [-0.15, -0.1) is 0 Å². The molecule has 56 valence electrons. The van der Waals surface area contributed by atoms with Gasteiger partial charge in [0.15, 0.2) is 0 Å². The fourth-order valence-corrected chi connectivity index (χ4v) is 1.24. The van der Waals surface area contributed by atoms with E-state index in [9.17, 15) is 0 Å². The Bertz CT molecular complexity index is 207. The number of nitrogens with zero attached hydrogens (tertiary/aromatic N) is 3. The molecule has 0 spiro atoms. The summed E-state index contributed by atoms with van der Waals surface area (Å²) in [5.41, 5.74) is 0. The number of hydrogen-bond acceptors (Lipinski definition) is 4. The minimum Gasteiger partial charge on any atom is -0.353 e. The average molecular weight is 157 g/mol. The zero-order chi connectivity index (χ0) is 7.56. The lowest BCUT2D eigenvalue weighted by molar-refractivity contribution is 0.980. The van der Waals surface area contributed by atoms with Gasteiger partial charge in [-0.25, -0.2) is 4.98 Å². The lowest BCUT2D eigenvalue weighted by Gasteiger charge is -2.03. The average Bonchev–Trinajstić information content (AvgIpc) is 2.34. The molecule has 1 aromatic rings. The molecule has 0 aliphatic rings. The molecule has 0 aliphatic carbocycles. The smallest absolute Gasteiger partial charge is 0.204 e. The number of aromatic nitrogens is 2. The molecule has 0 N–H and O–H groups in total. The highest BCUT2D eigenvalue weighted by Crippen LogP contribution is 2.13. The van der Waals surface area contributed by atoms with Gasteiger partial charge >= 0.3 is 0 Å². The molecule has 0 saturated carbocycles. The third kappa shape index (κ3) is 1.44. The first kappa shape index (κ1) is 7.47. The van der Waals surface area contributed by atoms with Gasteiger partial charge in [0.25, 0.3) is 0 Å². The first-order valence-electron chi connectivity index (χ1n) is 3.24. The second-order valence-corrected chi connectivity index (χ2v) is 2.97. The van der Waals surface area contributed by atoms with Crippen LogP contribution in [0.25, 0.3) is 0 Å². The maximum atomic E-state index is 4.26. The zero-order valence-electron chi connectivity index (χ0n) is 6.46. The van der Waals surface area contributed by atoms with Crippen LogP contribution in [0.3, 0.4) is 0 Å². The largest absolute Gasteiger partial charge is 0.353 e. The molecule has 4 heteroatoms. The molecular weight excluding hydrogens is 146 g/mol. The molecule has 0 fully saturated rings. The Hall–Kier alpha value is -0.640. The van der Waals surface area contributed by atoms with Gasteiger partial charge in [-0.05, 0) is 0 Å². The molecule has 10 heavy (non-hydrogen) atoms. The number of hydrogen-bond donors (Lipinski definition) is 0. The summed E-state index contributed by atoms with van der Waals surface area (Å²) in [5, 5.41) is 0.983. The van der Waals surface area contributed by atoms with E-state index in [0.29, 0.717) is 0 Å². The molecule has 1 aromatic heterocycles. The van der Waals surface area contributed by atoms with Crippen molar-refractivity contribution in [3.05, 3.63) is 5.82 Å². The third-order valence-electron chi connectivity index (χ3n) is 1.16. The summed E-state index contributed by atoms with van der Waals surface area (Å²) in [6.07, 6.45) is 0.921. The molecule has 0 aliphatic heterocycles. The van der Waals surface area contributed by atoms with E-state index in [1.54, 1.807) is 0 Å². The second-order valence-electron chi connectivity index (χ2n) is 2.24.